The van der Waals surface area contributed by atoms with Gasteiger partial charge in [-0.15, -0.1) is 10.2 Å². The first-order chi connectivity index (χ1) is 10.3. The van der Waals surface area contributed by atoms with E-state index in [1.54, 1.807) is 18.2 Å². The molecule has 3 rings (SSSR count). The van der Waals surface area contributed by atoms with Crippen molar-refractivity contribution in [2.45, 2.75) is 13.0 Å². The Morgan fingerprint density at radius 3 is 2.43 bits per heavy atom. The molecule has 0 spiro atoms. The molecule has 0 atom stereocenters. The van der Waals surface area contributed by atoms with Gasteiger partial charge in [0.2, 0.25) is 5.89 Å². The molecule has 1 heterocycles. The van der Waals surface area contributed by atoms with Crippen molar-refractivity contribution in [1.29, 1.82) is 0 Å². The van der Waals surface area contributed by atoms with Crippen LogP contribution in [0.15, 0.2) is 59.0 Å². The minimum absolute atomic E-state index is 0.0444. The molecule has 0 aliphatic carbocycles. The Hall–Kier alpha value is -2.69. The Labute approximate surface area is 121 Å². The summed E-state index contributed by atoms with van der Waals surface area (Å²) >= 11 is 0. The molecular weight excluding hydrogens is 271 g/mol. The normalized spacial score (nSPS) is 10.5. The molecule has 0 saturated heterocycles. The summed E-state index contributed by atoms with van der Waals surface area (Å²) in [6.45, 7) is 0.0444. The first kappa shape index (κ1) is 13.3. The van der Waals surface area contributed by atoms with E-state index in [1.807, 2.05) is 30.3 Å². The molecule has 0 radical (unpaired) electrons. The zero-order valence-electron chi connectivity index (χ0n) is 11.2. The first-order valence-corrected chi connectivity index (χ1v) is 6.54. The van der Waals surface area contributed by atoms with Crippen molar-refractivity contribution in [3.8, 4) is 5.75 Å². The van der Waals surface area contributed by atoms with Gasteiger partial charge < -0.3 is 9.15 Å². The van der Waals surface area contributed by atoms with E-state index in [1.165, 1.54) is 6.07 Å². The molecule has 2 aromatic carbocycles. The highest BCUT2D eigenvalue weighted by Crippen LogP contribution is 2.17. The van der Waals surface area contributed by atoms with Gasteiger partial charge in [-0.25, -0.2) is 4.39 Å². The molecule has 21 heavy (non-hydrogen) atoms. The quantitative estimate of drug-likeness (QED) is 0.720. The number of hydrogen-bond acceptors (Lipinski definition) is 4. The molecule has 0 amide bonds. The van der Waals surface area contributed by atoms with Crippen LogP contribution in [0.1, 0.15) is 17.3 Å². The Morgan fingerprint density at radius 1 is 0.905 bits per heavy atom. The summed E-state index contributed by atoms with van der Waals surface area (Å²) in [5.74, 6) is 0.583. The van der Waals surface area contributed by atoms with E-state index in [2.05, 4.69) is 10.2 Å². The summed E-state index contributed by atoms with van der Waals surface area (Å²) in [6, 6.07) is 16.0. The molecule has 0 saturated carbocycles. The third-order valence-electron chi connectivity index (χ3n) is 2.89. The minimum Gasteiger partial charge on any atom is -0.481 e. The zero-order valence-corrected chi connectivity index (χ0v) is 11.2. The summed E-state index contributed by atoms with van der Waals surface area (Å²) < 4.78 is 24.2. The van der Waals surface area contributed by atoms with Crippen molar-refractivity contribution < 1.29 is 13.5 Å². The zero-order chi connectivity index (χ0) is 14.5. The van der Waals surface area contributed by atoms with Gasteiger partial charge in [0.1, 0.15) is 0 Å². The van der Waals surface area contributed by atoms with Crippen molar-refractivity contribution in [3.63, 3.8) is 0 Å². The molecule has 0 fully saturated rings. The van der Waals surface area contributed by atoms with E-state index >= 15 is 0 Å². The van der Waals surface area contributed by atoms with Gasteiger partial charge >= 0.3 is 0 Å². The van der Waals surface area contributed by atoms with Gasteiger partial charge in [-0.2, -0.15) is 0 Å². The fourth-order valence-corrected chi connectivity index (χ4v) is 1.89. The standard InChI is InChI=1S/C16H13FN2O2/c17-13-8-4-5-9-14(13)20-11-16-19-18-15(21-16)10-12-6-2-1-3-7-12/h1-9H,10-11H2. The highest BCUT2D eigenvalue weighted by Gasteiger charge is 2.09. The van der Waals surface area contributed by atoms with Gasteiger partial charge in [0, 0.05) is 0 Å². The maximum atomic E-state index is 13.4. The van der Waals surface area contributed by atoms with Crippen LogP contribution in [0.5, 0.6) is 5.75 Å². The summed E-state index contributed by atoms with van der Waals surface area (Å²) in [5, 5.41) is 7.85. The molecule has 3 aromatic rings. The molecule has 0 aliphatic rings. The smallest absolute Gasteiger partial charge is 0.253 e. The highest BCUT2D eigenvalue weighted by atomic mass is 19.1. The number of nitrogens with zero attached hydrogens (tertiary/aromatic N) is 2. The van der Waals surface area contributed by atoms with Crippen molar-refractivity contribution in [1.82, 2.24) is 10.2 Å². The predicted octanol–water partition coefficient (Wildman–Crippen LogP) is 3.38. The van der Waals surface area contributed by atoms with Gasteiger partial charge in [0.15, 0.2) is 18.2 Å². The highest BCUT2D eigenvalue weighted by molar-refractivity contribution is 5.23. The van der Waals surface area contributed by atoms with E-state index in [4.69, 9.17) is 9.15 Å². The van der Waals surface area contributed by atoms with Gasteiger partial charge in [-0.3, -0.25) is 0 Å². The molecule has 0 aliphatic heterocycles. The van der Waals surface area contributed by atoms with Crippen LogP contribution in [0.25, 0.3) is 0 Å². The Kier molecular flexibility index (Phi) is 3.91. The second kappa shape index (κ2) is 6.17. The lowest BCUT2D eigenvalue weighted by molar-refractivity contribution is 0.249. The number of rotatable bonds is 5. The van der Waals surface area contributed by atoms with Gasteiger partial charge in [-0.05, 0) is 17.7 Å². The van der Waals surface area contributed by atoms with Crippen LogP contribution in [0.2, 0.25) is 0 Å². The lowest BCUT2D eigenvalue weighted by Gasteiger charge is -2.03. The summed E-state index contributed by atoms with van der Waals surface area (Å²) in [4.78, 5) is 0. The maximum absolute atomic E-state index is 13.4. The van der Waals surface area contributed by atoms with E-state index in [-0.39, 0.29) is 12.4 Å². The summed E-state index contributed by atoms with van der Waals surface area (Å²) in [6.07, 6.45) is 0.563. The lowest BCUT2D eigenvalue weighted by atomic mass is 10.2. The number of ether oxygens (including phenoxy) is 1. The summed E-state index contributed by atoms with van der Waals surface area (Å²) in [5.41, 5.74) is 1.09. The molecule has 1 aromatic heterocycles. The van der Waals surface area contributed by atoms with Crippen molar-refractivity contribution in [2.75, 3.05) is 0 Å². The number of benzene rings is 2. The van der Waals surface area contributed by atoms with Gasteiger partial charge in [0.05, 0.1) is 6.42 Å². The van der Waals surface area contributed by atoms with Crippen LogP contribution in [0, 0.1) is 5.82 Å². The van der Waals surface area contributed by atoms with Crippen molar-refractivity contribution in [2.24, 2.45) is 0 Å². The van der Waals surface area contributed by atoms with Crippen LogP contribution >= 0.6 is 0 Å². The largest absolute Gasteiger partial charge is 0.481 e. The number of aromatic nitrogens is 2. The van der Waals surface area contributed by atoms with E-state index in [0.717, 1.165) is 5.56 Å². The minimum atomic E-state index is -0.415. The summed E-state index contributed by atoms with van der Waals surface area (Å²) in [7, 11) is 0. The predicted molar refractivity (Wildman–Crippen MR) is 74.3 cm³/mol. The number of hydrogen-bond donors (Lipinski definition) is 0. The third-order valence-corrected chi connectivity index (χ3v) is 2.89. The SMILES string of the molecule is Fc1ccccc1OCc1nnc(Cc2ccccc2)o1. The first-order valence-electron chi connectivity index (χ1n) is 6.54. The number of halogens is 1. The maximum Gasteiger partial charge on any atom is 0.253 e. The van der Waals surface area contributed by atoms with Crippen molar-refractivity contribution in [3.05, 3.63) is 77.8 Å². The average molecular weight is 284 g/mol. The monoisotopic (exact) mass is 284 g/mol. The van der Waals surface area contributed by atoms with Crippen LogP contribution in [-0.2, 0) is 13.0 Å². The van der Waals surface area contributed by atoms with E-state index in [9.17, 15) is 4.39 Å². The molecule has 4 nitrogen and oxygen atoms in total. The molecular formula is C16H13FN2O2. The fraction of sp³-hybridized carbons (Fsp3) is 0.125. The van der Waals surface area contributed by atoms with Crippen LogP contribution in [0.4, 0.5) is 4.39 Å². The second-order valence-electron chi connectivity index (χ2n) is 4.47. The van der Waals surface area contributed by atoms with Gasteiger partial charge in [-0.1, -0.05) is 42.5 Å². The van der Waals surface area contributed by atoms with Crippen LogP contribution < -0.4 is 4.74 Å². The second-order valence-corrected chi connectivity index (χ2v) is 4.47. The molecule has 0 N–H and O–H groups in total. The van der Waals surface area contributed by atoms with Crippen LogP contribution in [-0.4, -0.2) is 10.2 Å². The average Bonchev–Trinajstić information content (AvgIpc) is 2.95. The number of para-hydroxylation sites is 1. The van der Waals surface area contributed by atoms with Crippen molar-refractivity contribution >= 4 is 0 Å². The molecule has 106 valence electrons. The van der Waals surface area contributed by atoms with Crippen LogP contribution in [0.3, 0.4) is 0 Å². The molecule has 5 heteroatoms. The van der Waals surface area contributed by atoms with Gasteiger partial charge in [0.25, 0.3) is 5.89 Å². The Bertz CT molecular complexity index is 713. The Balaban J connectivity index is 1.62. The molecule has 0 bridgehead atoms. The molecule has 0 unspecified atom stereocenters. The van der Waals surface area contributed by atoms with E-state index < -0.39 is 5.82 Å². The lowest BCUT2D eigenvalue weighted by Crippen LogP contribution is -1.97. The third kappa shape index (κ3) is 3.45. The van der Waals surface area contributed by atoms with E-state index in [0.29, 0.717) is 18.2 Å². The fourth-order valence-electron chi connectivity index (χ4n) is 1.89. The Morgan fingerprint density at radius 2 is 1.62 bits per heavy atom. The topological polar surface area (TPSA) is 48.2 Å².